The lowest BCUT2D eigenvalue weighted by atomic mass is 10.0. The molecule has 0 radical (unpaired) electrons. The fraction of sp³-hybridized carbons (Fsp3) is 0.562. The quantitative estimate of drug-likeness (QED) is 0.865. The molecule has 1 fully saturated rings. The Kier molecular flexibility index (Phi) is 4.96. The average Bonchev–Trinajstić information content (AvgIpc) is 2.42. The molecule has 21 heavy (non-hydrogen) atoms. The van der Waals surface area contributed by atoms with Gasteiger partial charge >= 0.3 is 0 Å². The minimum Gasteiger partial charge on any atom is -0.507 e. The first-order valence-corrected chi connectivity index (χ1v) is 7.29. The first-order chi connectivity index (χ1) is 9.88. The number of Topliss-reactive ketones (excluding diaryl/α,β-unsaturated/α-hetero) is 1. The van der Waals surface area contributed by atoms with E-state index >= 15 is 0 Å². The van der Waals surface area contributed by atoms with E-state index in [9.17, 15) is 14.3 Å². The molecule has 1 heterocycles. The molecule has 0 amide bonds. The fourth-order valence-electron chi connectivity index (χ4n) is 2.88. The second-order valence-corrected chi connectivity index (χ2v) is 6.01. The standard InChI is InChI=1S/C16H23FN2O2/c1-11(20)15-8-13(17)7-12(16(15)21)9-19-6-4-5-14(10-19)18(2)3/h7-8,14,21H,4-6,9-10H2,1-3H3. The van der Waals surface area contributed by atoms with Crippen molar-refractivity contribution in [3.05, 3.63) is 29.1 Å². The van der Waals surface area contributed by atoms with Gasteiger partial charge in [-0.1, -0.05) is 0 Å². The molecule has 0 spiro atoms. The summed E-state index contributed by atoms with van der Waals surface area (Å²) in [6.07, 6.45) is 2.23. The molecule has 1 N–H and O–H groups in total. The number of halogens is 1. The van der Waals surface area contributed by atoms with Gasteiger partial charge in [0.05, 0.1) is 5.56 Å². The van der Waals surface area contributed by atoms with Gasteiger partial charge in [-0.2, -0.15) is 0 Å². The van der Waals surface area contributed by atoms with Crippen molar-refractivity contribution in [1.29, 1.82) is 0 Å². The van der Waals surface area contributed by atoms with Crippen LogP contribution in [-0.4, -0.2) is 53.9 Å². The lowest BCUT2D eigenvalue weighted by molar-refractivity contribution is 0.101. The number of hydrogen-bond acceptors (Lipinski definition) is 4. The van der Waals surface area contributed by atoms with Crippen LogP contribution in [0.3, 0.4) is 0 Å². The topological polar surface area (TPSA) is 43.8 Å². The van der Waals surface area contributed by atoms with Crippen molar-refractivity contribution in [3.8, 4) is 5.75 Å². The predicted octanol–water partition coefficient (Wildman–Crippen LogP) is 2.26. The van der Waals surface area contributed by atoms with Crippen molar-refractivity contribution in [2.75, 3.05) is 27.2 Å². The highest BCUT2D eigenvalue weighted by atomic mass is 19.1. The van der Waals surface area contributed by atoms with E-state index in [2.05, 4.69) is 23.9 Å². The van der Waals surface area contributed by atoms with Crippen LogP contribution in [0, 0.1) is 5.82 Å². The zero-order valence-electron chi connectivity index (χ0n) is 12.9. The number of benzene rings is 1. The van der Waals surface area contributed by atoms with Crippen molar-refractivity contribution in [2.45, 2.75) is 32.4 Å². The van der Waals surface area contributed by atoms with E-state index in [1.54, 1.807) is 0 Å². The van der Waals surface area contributed by atoms with Gasteiger partial charge in [0.15, 0.2) is 5.78 Å². The average molecular weight is 294 g/mol. The number of rotatable bonds is 4. The fourth-order valence-corrected chi connectivity index (χ4v) is 2.88. The van der Waals surface area contributed by atoms with Gasteiger partial charge in [-0.25, -0.2) is 4.39 Å². The smallest absolute Gasteiger partial charge is 0.163 e. The van der Waals surface area contributed by atoms with Crippen LogP contribution in [-0.2, 0) is 6.54 Å². The molecule has 0 aromatic heterocycles. The lowest BCUT2D eigenvalue weighted by Gasteiger charge is -2.36. The molecule has 0 bridgehead atoms. The Morgan fingerprint density at radius 1 is 1.48 bits per heavy atom. The molecule has 5 heteroatoms. The van der Waals surface area contributed by atoms with Crippen LogP contribution >= 0.6 is 0 Å². The summed E-state index contributed by atoms with van der Waals surface area (Å²) in [4.78, 5) is 15.9. The second-order valence-electron chi connectivity index (χ2n) is 6.01. The van der Waals surface area contributed by atoms with Crippen LogP contribution in [0.2, 0.25) is 0 Å². The maximum absolute atomic E-state index is 13.6. The highest BCUT2D eigenvalue weighted by molar-refractivity contribution is 5.97. The molecular weight excluding hydrogens is 271 g/mol. The third kappa shape index (κ3) is 3.80. The Morgan fingerprint density at radius 3 is 2.81 bits per heavy atom. The van der Waals surface area contributed by atoms with Crippen molar-refractivity contribution in [1.82, 2.24) is 9.80 Å². The summed E-state index contributed by atoms with van der Waals surface area (Å²) in [6.45, 7) is 3.61. The maximum Gasteiger partial charge on any atom is 0.163 e. The molecule has 1 unspecified atom stereocenters. The summed E-state index contributed by atoms with van der Waals surface area (Å²) in [5.41, 5.74) is 0.547. The Labute approximate surface area is 125 Å². The Balaban J connectivity index is 2.17. The number of phenols is 1. The van der Waals surface area contributed by atoms with Crippen LogP contribution in [0.25, 0.3) is 0 Å². The molecule has 1 aromatic carbocycles. The number of piperidine rings is 1. The van der Waals surface area contributed by atoms with Crippen LogP contribution < -0.4 is 0 Å². The predicted molar refractivity (Wildman–Crippen MR) is 80.1 cm³/mol. The van der Waals surface area contributed by atoms with Gasteiger partial charge < -0.3 is 10.0 Å². The van der Waals surface area contributed by atoms with Crippen molar-refractivity contribution < 1.29 is 14.3 Å². The molecule has 2 rings (SSSR count). The summed E-state index contributed by atoms with van der Waals surface area (Å²) in [5.74, 6) is -0.886. The summed E-state index contributed by atoms with van der Waals surface area (Å²) in [7, 11) is 4.11. The molecule has 0 aliphatic carbocycles. The molecular formula is C16H23FN2O2. The third-order valence-corrected chi connectivity index (χ3v) is 4.14. The molecule has 1 aliphatic rings. The minimum absolute atomic E-state index is 0.0613. The molecule has 0 saturated carbocycles. The van der Waals surface area contributed by atoms with Gasteiger partial charge in [-0.3, -0.25) is 9.69 Å². The Bertz CT molecular complexity index is 531. The zero-order chi connectivity index (χ0) is 15.6. The van der Waals surface area contributed by atoms with E-state index < -0.39 is 5.82 Å². The molecule has 1 aliphatic heterocycles. The minimum atomic E-state index is -0.478. The number of carbonyl (C=O) groups excluding carboxylic acids is 1. The molecule has 1 saturated heterocycles. The highest BCUT2D eigenvalue weighted by Gasteiger charge is 2.23. The SMILES string of the molecule is CC(=O)c1cc(F)cc(CN2CCCC(N(C)C)C2)c1O. The van der Waals surface area contributed by atoms with E-state index in [1.807, 2.05) is 0 Å². The van der Waals surface area contributed by atoms with Gasteiger partial charge in [0.2, 0.25) is 0 Å². The number of aromatic hydroxyl groups is 1. The van der Waals surface area contributed by atoms with Crippen molar-refractivity contribution >= 4 is 5.78 Å². The highest BCUT2D eigenvalue weighted by Crippen LogP contribution is 2.27. The van der Waals surface area contributed by atoms with Crippen LogP contribution in [0.4, 0.5) is 4.39 Å². The molecule has 1 atom stereocenters. The maximum atomic E-state index is 13.6. The van der Waals surface area contributed by atoms with Crippen LogP contribution in [0.5, 0.6) is 5.75 Å². The second kappa shape index (κ2) is 6.54. The summed E-state index contributed by atoms with van der Waals surface area (Å²) >= 11 is 0. The van der Waals surface area contributed by atoms with Gasteiger partial charge in [-0.15, -0.1) is 0 Å². The molecule has 1 aromatic rings. The van der Waals surface area contributed by atoms with E-state index in [-0.39, 0.29) is 17.1 Å². The monoisotopic (exact) mass is 294 g/mol. The van der Waals surface area contributed by atoms with Crippen molar-refractivity contribution in [2.24, 2.45) is 0 Å². The number of likely N-dealkylation sites (N-methyl/N-ethyl adjacent to an activating group) is 1. The number of hydrogen-bond donors (Lipinski definition) is 1. The van der Waals surface area contributed by atoms with Gasteiger partial charge in [-0.05, 0) is 52.5 Å². The Morgan fingerprint density at radius 2 is 2.19 bits per heavy atom. The van der Waals surface area contributed by atoms with E-state index in [4.69, 9.17) is 0 Å². The number of nitrogens with zero attached hydrogens (tertiary/aromatic N) is 2. The Hall–Kier alpha value is -1.46. The normalized spacial score (nSPS) is 20.0. The largest absolute Gasteiger partial charge is 0.507 e. The third-order valence-electron chi connectivity index (χ3n) is 4.14. The summed E-state index contributed by atoms with van der Waals surface area (Å²) < 4.78 is 13.6. The van der Waals surface area contributed by atoms with E-state index in [1.165, 1.54) is 13.0 Å². The first-order valence-electron chi connectivity index (χ1n) is 7.29. The number of carbonyl (C=O) groups is 1. The van der Waals surface area contributed by atoms with E-state index in [0.717, 1.165) is 32.0 Å². The lowest BCUT2D eigenvalue weighted by Crippen LogP contribution is -2.44. The number of phenolic OH excluding ortho intramolecular Hbond substituents is 1. The van der Waals surface area contributed by atoms with E-state index in [0.29, 0.717) is 18.2 Å². The van der Waals surface area contributed by atoms with Crippen LogP contribution in [0.1, 0.15) is 35.7 Å². The number of likely N-dealkylation sites (tertiary alicyclic amines) is 1. The molecule has 4 nitrogen and oxygen atoms in total. The number of ketones is 1. The summed E-state index contributed by atoms with van der Waals surface area (Å²) in [5, 5.41) is 10.2. The first kappa shape index (κ1) is 15.9. The summed E-state index contributed by atoms with van der Waals surface area (Å²) in [6, 6.07) is 2.89. The van der Waals surface area contributed by atoms with Gasteiger partial charge in [0, 0.05) is 24.7 Å². The van der Waals surface area contributed by atoms with Gasteiger partial charge in [0.25, 0.3) is 0 Å². The zero-order valence-corrected chi connectivity index (χ0v) is 12.9. The van der Waals surface area contributed by atoms with Crippen LogP contribution in [0.15, 0.2) is 12.1 Å². The van der Waals surface area contributed by atoms with Crippen molar-refractivity contribution in [3.63, 3.8) is 0 Å². The van der Waals surface area contributed by atoms with Gasteiger partial charge in [0.1, 0.15) is 11.6 Å². The molecule has 116 valence electrons.